The molecule has 214 valence electrons. The topological polar surface area (TPSA) is 141 Å². The summed E-state index contributed by atoms with van der Waals surface area (Å²) >= 11 is 0. The Hall–Kier alpha value is -5.22. The first-order valence-corrected chi connectivity index (χ1v) is 13.4. The average molecular weight is 567 g/mol. The summed E-state index contributed by atoms with van der Waals surface area (Å²) in [6.45, 7) is 10.4. The van der Waals surface area contributed by atoms with Crippen molar-refractivity contribution in [2.45, 2.75) is 65.6 Å². The van der Waals surface area contributed by atoms with Crippen LogP contribution in [-0.2, 0) is 19.1 Å². The minimum atomic E-state index is -1.02. The largest absolute Gasteiger partial charge is 0.443 e. The third kappa shape index (κ3) is 5.27. The number of imide groups is 2. The van der Waals surface area contributed by atoms with E-state index in [9.17, 15) is 29.7 Å². The number of carbonyl (C=O) groups excluding carboxylic acids is 4. The van der Waals surface area contributed by atoms with Crippen LogP contribution in [0.25, 0.3) is 11.4 Å². The molecule has 0 bridgehead atoms. The Labute approximate surface area is 244 Å². The van der Waals surface area contributed by atoms with Gasteiger partial charge in [0.15, 0.2) is 0 Å². The first-order chi connectivity index (χ1) is 19.8. The van der Waals surface area contributed by atoms with E-state index >= 15 is 0 Å². The Morgan fingerprint density at radius 3 is 1.38 bits per heavy atom. The SMILES string of the molecule is CCC(C)(C)OC(=O)N1C(=O)C2=C(c3cccc(C#N)c3)N(C(=O)OC(C)(C)CC)C(=O)C2=C1c1cccc(C#N)c1. The van der Waals surface area contributed by atoms with E-state index in [-0.39, 0.29) is 44.8 Å². The fourth-order valence-corrected chi connectivity index (χ4v) is 4.38. The third-order valence-electron chi connectivity index (χ3n) is 7.33. The Kier molecular flexibility index (Phi) is 7.78. The lowest BCUT2D eigenvalue weighted by molar-refractivity contribution is -0.124. The van der Waals surface area contributed by atoms with Gasteiger partial charge in [0.1, 0.15) is 11.2 Å². The van der Waals surface area contributed by atoms with Crippen LogP contribution < -0.4 is 0 Å². The number of hydrogen-bond acceptors (Lipinski definition) is 8. The Bertz CT molecular complexity index is 1540. The summed E-state index contributed by atoms with van der Waals surface area (Å²) in [5.74, 6) is -1.79. The molecule has 0 fully saturated rings. The van der Waals surface area contributed by atoms with Crippen LogP contribution in [0.1, 0.15) is 76.6 Å². The number of carbonyl (C=O) groups is 4. The van der Waals surface area contributed by atoms with Gasteiger partial charge in [0, 0.05) is 11.1 Å². The molecule has 10 nitrogen and oxygen atoms in total. The highest BCUT2D eigenvalue weighted by Crippen LogP contribution is 2.47. The molecule has 0 spiro atoms. The second kappa shape index (κ2) is 11.0. The number of benzene rings is 2. The van der Waals surface area contributed by atoms with E-state index in [2.05, 4.69) is 0 Å². The van der Waals surface area contributed by atoms with Crippen LogP contribution in [0.4, 0.5) is 9.59 Å². The minimum absolute atomic E-state index is 0.118. The van der Waals surface area contributed by atoms with Crippen LogP contribution in [0, 0.1) is 22.7 Å². The zero-order chi connectivity index (χ0) is 31.0. The van der Waals surface area contributed by atoms with Crippen molar-refractivity contribution < 1.29 is 28.7 Å². The van der Waals surface area contributed by atoms with Crippen molar-refractivity contribution in [3.63, 3.8) is 0 Å². The number of nitrogens with zero attached hydrogens (tertiary/aromatic N) is 4. The standard InChI is InChI=1S/C32H30N4O6/c1-7-31(3,4)41-29(39)35-25(21-13-9-11-19(15-21)17-33)23-24(27(35)37)26(22-14-10-12-20(16-22)18-34)36(28(23)38)30(40)42-32(5,6)8-2/h9-16H,7-8H2,1-6H3. The normalized spacial score (nSPS) is 15.0. The van der Waals surface area contributed by atoms with Gasteiger partial charge in [-0.25, -0.2) is 19.4 Å². The van der Waals surface area contributed by atoms with Crippen LogP contribution in [0.2, 0.25) is 0 Å². The molecule has 0 atom stereocenters. The lowest BCUT2D eigenvalue weighted by Gasteiger charge is -2.29. The average Bonchev–Trinajstić information content (AvgIpc) is 3.44. The lowest BCUT2D eigenvalue weighted by atomic mass is 10.0. The van der Waals surface area contributed by atoms with Gasteiger partial charge >= 0.3 is 12.2 Å². The minimum Gasteiger partial charge on any atom is -0.443 e. The van der Waals surface area contributed by atoms with Crippen LogP contribution in [0.5, 0.6) is 0 Å². The maximum absolute atomic E-state index is 14.2. The van der Waals surface area contributed by atoms with Crippen molar-refractivity contribution in [2.75, 3.05) is 0 Å². The van der Waals surface area contributed by atoms with Crippen LogP contribution in [0.3, 0.4) is 0 Å². The van der Waals surface area contributed by atoms with E-state index in [0.29, 0.717) is 12.8 Å². The molecule has 42 heavy (non-hydrogen) atoms. The van der Waals surface area contributed by atoms with Gasteiger partial charge in [-0.1, -0.05) is 38.1 Å². The Balaban J connectivity index is 2.05. The third-order valence-corrected chi connectivity index (χ3v) is 7.33. The van der Waals surface area contributed by atoms with Crippen LogP contribution >= 0.6 is 0 Å². The summed E-state index contributed by atoms with van der Waals surface area (Å²) in [5, 5.41) is 19.1. The number of rotatable bonds is 6. The maximum Gasteiger partial charge on any atom is 0.422 e. The Morgan fingerprint density at radius 2 is 1.07 bits per heavy atom. The molecular formula is C32H30N4O6. The number of ether oxygens (including phenoxy) is 2. The molecule has 0 aromatic heterocycles. The molecule has 2 aliphatic rings. The van der Waals surface area contributed by atoms with Crippen molar-refractivity contribution >= 4 is 35.4 Å². The molecule has 4 amide bonds. The van der Waals surface area contributed by atoms with Crippen LogP contribution in [0.15, 0.2) is 59.7 Å². The lowest BCUT2D eigenvalue weighted by Crippen LogP contribution is -2.41. The van der Waals surface area contributed by atoms with Gasteiger partial charge < -0.3 is 9.47 Å². The van der Waals surface area contributed by atoms with Gasteiger partial charge in [-0.05, 0) is 64.8 Å². The maximum atomic E-state index is 14.2. The first-order valence-electron chi connectivity index (χ1n) is 13.4. The van der Waals surface area contributed by atoms with Crippen molar-refractivity contribution in [2.24, 2.45) is 0 Å². The van der Waals surface area contributed by atoms with E-state index in [1.165, 1.54) is 24.3 Å². The second-order valence-electron chi connectivity index (χ2n) is 11.1. The first kappa shape index (κ1) is 29.8. The molecule has 2 aromatic carbocycles. The number of fused-ring (bicyclic) bond motifs is 1. The molecule has 0 saturated carbocycles. The molecule has 0 N–H and O–H groups in total. The second-order valence-corrected chi connectivity index (χ2v) is 11.1. The Morgan fingerprint density at radius 1 is 0.714 bits per heavy atom. The quantitative estimate of drug-likeness (QED) is 0.422. The van der Waals surface area contributed by atoms with Crippen molar-refractivity contribution in [3.8, 4) is 12.1 Å². The monoisotopic (exact) mass is 566 g/mol. The molecule has 0 saturated heterocycles. The van der Waals surface area contributed by atoms with Crippen molar-refractivity contribution in [3.05, 3.63) is 81.9 Å². The van der Waals surface area contributed by atoms with Gasteiger partial charge in [-0.2, -0.15) is 10.5 Å². The summed E-state index contributed by atoms with van der Waals surface area (Å²) in [6.07, 6.45) is -1.15. The predicted molar refractivity (Wildman–Crippen MR) is 152 cm³/mol. The molecule has 2 aromatic rings. The highest BCUT2D eigenvalue weighted by Gasteiger charge is 2.54. The molecule has 2 aliphatic heterocycles. The summed E-state index contributed by atoms with van der Waals surface area (Å²) < 4.78 is 11.3. The van der Waals surface area contributed by atoms with Crippen LogP contribution in [-0.4, -0.2) is 45.0 Å². The predicted octanol–water partition coefficient (Wildman–Crippen LogP) is 5.89. The van der Waals surface area contributed by atoms with Crippen molar-refractivity contribution in [1.29, 1.82) is 10.5 Å². The van der Waals surface area contributed by atoms with E-state index in [1.54, 1.807) is 52.0 Å². The summed E-state index contributed by atoms with van der Waals surface area (Å²) in [4.78, 5) is 57.1. The molecule has 0 unspecified atom stereocenters. The van der Waals surface area contributed by atoms with Gasteiger partial charge in [0.05, 0.1) is 45.8 Å². The van der Waals surface area contributed by atoms with Gasteiger partial charge in [0.2, 0.25) is 0 Å². The zero-order valence-electron chi connectivity index (χ0n) is 24.3. The summed E-state index contributed by atoms with van der Waals surface area (Å²) in [6, 6.07) is 16.2. The molecule has 0 radical (unpaired) electrons. The zero-order valence-corrected chi connectivity index (χ0v) is 24.3. The highest BCUT2D eigenvalue weighted by atomic mass is 16.6. The molecule has 0 aliphatic carbocycles. The van der Waals surface area contributed by atoms with Gasteiger partial charge in [-0.15, -0.1) is 0 Å². The molecule has 2 heterocycles. The summed E-state index contributed by atoms with van der Waals surface area (Å²) in [5.41, 5.74) is -1.66. The molecular weight excluding hydrogens is 536 g/mol. The van der Waals surface area contributed by atoms with E-state index in [4.69, 9.17) is 9.47 Å². The molecule has 4 rings (SSSR count). The fourth-order valence-electron chi connectivity index (χ4n) is 4.38. The number of hydrogen-bond donors (Lipinski definition) is 0. The van der Waals surface area contributed by atoms with Gasteiger partial charge in [-0.3, -0.25) is 9.59 Å². The fraction of sp³-hybridized carbons (Fsp3) is 0.312. The van der Waals surface area contributed by atoms with Crippen molar-refractivity contribution in [1.82, 2.24) is 9.80 Å². The smallest absolute Gasteiger partial charge is 0.422 e. The van der Waals surface area contributed by atoms with E-state index < -0.39 is 35.2 Å². The van der Waals surface area contributed by atoms with Gasteiger partial charge in [0.25, 0.3) is 11.8 Å². The van der Waals surface area contributed by atoms with E-state index in [1.807, 2.05) is 26.0 Å². The molecule has 10 heteroatoms. The number of amides is 4. The van der Waals surface area contributed by atoms with E-state index in [0.717, 1.165) is 9.80 Å². The number of nitriles is 2. The summed E-state index contributed by atoms with van der Waals surface area (Å²) in [7, 11) is 0. The highest BCUT2D eigenvalue weighted by molar-refractivity contribution is 6.35.